The van der Waals surface area contributed by atoms with Gasteiger partial charge < -0.3 is 0 Å². The van der Waals surface area contributed by atoms with Crippen molar-refractivity contribution >= 4 is 0 Å². The zero-order valence-corrected chi connectivity index (χ0v) is 10.7. The molecule has 0 saturated carbocycles. The normalized spacial score (nSPS) is 15.7. The summed E-state index contributed by atoms with van der Waals surface area (Å²) < 4.78 is 0. The molecule has 0 aliphatic carbocycles. The maximum atomic E-state index is 2.35. The quantitative estimate of drug-likeness (QED) is 0.538. The molecule has 0 amide bonds. The Morgan fingerprint density at radius 3 is 1.54 bits per heavy atom. The molecule has 0 aromatic heterocycles. The van der Waals surface area contributed by atoms with Gasteiger partial charge in [-0.05, 0) is 31.1 Å². The van der Waals surface area contributed by atoms with Gasteiger partial charge in [-0.15, -0.1) is 0 Å². The van der Waals surface area contributed by atoms with Crippen LogP contribution in [-0.4, -0.2) is 0 Å². The average Bonchev–Trinajstić information content (AvgIpc) is 1.99. The Morgan fingerprint density at radius 1 is 0.923 bits per heavy atom. The lowest BCUT2D eigenvalue weighted by atomic mass is 9.64. The van der Waals surface area contributed by atoms with Crippen molar-refractivity contribution in [2.45, 2.75) is 61.8 Å². The number of hydrogen-bond acceptors (Lipinski definition) is 0. The Labute approximate surface area is 84.4 Å². The van der Waals surface area contributed by atoms with E-state index in [0.717, 1.165) is 0 Å². The topological polar surface area (TPSA) is 0 Å². The summed E-state index contributed by atoms with van der Waals surface area (Å²) in [4.78, 5) is 0. The van der Waals surface area contributed by atoms with E-state index in [1.807, 2.05) is 0 Å². The molecule has 0 aromatic rings. The van der Waals surface area contributed by atoms with Gasteiger partial charge in [0.05, 0.1) is 0 Å². The van der Waals surface area contributed by atoms with Crippen molar-refractivity contribution in [2.75, 3.05) is 0 Å². The summed E-state index contributed by atoms with van der Waals surface area (Å²) in [7, 11) is 0. The number of hydrogen-bond donors (Lipinski definition) is 0. The lowest BCUT2D eigenvalue weighted by molar-refractivity contribution is 0.175. The van der Waals surface area contributed by atoms with E-state index in [-0.39, 0.29) is 0 Å². The standard InChI is InChI=1S/C13H26/c1-9-10(2)11(3)13(7,8)12(4,5)6/h9H2,1-8H3/b11-10+. The minimum Gasteiger partial charge on any atom is -0.0741 e. The highest BCUT2D eigenvalue weighted by atomic mass is 14.4. The molecule has 0 saturated heterocycles. The van der Waals surface area contributed by atoms with Crippen LogP contribution < -0.4 is 0 Å². The first-order chi connectivity index (χ1) is 5.64. The fourth-order valence-electron chi connectivity index (χ4n) is 1.36. The Bertz CT molecular complexity index is 199. The lowest BCUT2D eigenvalue weighted by Gasteiger charge is -2.41. The summed E-state index contributed by atoms with van der Waals surface area (Å²) >= 11 is 0. The van der Waals surface area contributed by atoms with Crippen molar-refractivity contribution in [3.63, 3.8) is 0 Å². The number of rotatable bonds is 2. The van der Waals surface area contributed by atoms with Crippen LogP contribution in [0.3, 0.4) is 0 Å². The van der Waals surface area contributed by atoms with E-state index in [1.165, 1.54) is 6.42 Å². The van der Waals surface area contributed by atoms with Gasteiger partial charge in [0, 0.05) is 0 Å². The van der Waals surface area contributed by atoms with Crippen molar-refractivity contribution in [3.8, 4) is 0 Å². The highest BCUT2D eigenvalue weighted by Crippen LogP contribution is 2.44. The molecular weight excluding hydrogens is 156 g/mol. The van der Waals surface area contributed by atoms with E-state index >= 15 is 0 Å². The van der Waals surface area contributed by atoms with Crippen LogP contribution in [-0.2, 0) is 0 Å². The van der Waals surface area contributed by atoms with Gasteiger partial charge in [0.15, 0.2) is 0 Å². The van der Waals surface area contributed by atoms with Crippen LogP contribution >= 0.6 is 0 Å². The first kappa shape index (κ1) is 12.7. The second kappa shape index (κ2) is 3.86. The molecule has 0 spiro atoms. The largest absolute Gasteiger partial charge is 0.0741 e. The van der Waals surface area contributed by atoms with Crippen LogP contribution in [0.25, 0.3) is 0 Å². The molecule has 13 heavy (non-hydrogen) atoms. The van der Waals surface area contributed by atoms with Crippen molar-refractivity contribution in [1.29, 1.82) is 0 Å². The highest BCUT2D eigenvalue weighted by molar-refractivity contribution is 5.19. The van der Waals surface area contributed by atoms with Gasteiger partial charge >= 0.3 is 0 Å². The summed E-state index contributed by atoms with van der Waals surface area (Å²) in [6.07, 6.45) is 1.17. The summed E-state index contributed by atoms with van der Waals surface area (Å²) in [5.74, 6) is 0. The van der Waals surface area contributed by atoms with Crippen LogP contribution in [0.5, 0.6) is 0 Å². The Balaban J connectivity index is 5.07. The second-order valence-corrected chi connectivity index (χ2v) is 5.63. The van der Waals surface area contributed by atoms with Gasteiger partial charge in [-0.25, -0.2) is 0 Å². The summed E-state index contributed by atoms with van der Waals surface area (Å²) in [5, 5.41) is 0. The van der Waals surface area contributed by atoms with Crippen LogP contribution in [0.15, 0.2) is 11.1 Å². The van der Waals surface area contributed by atoms with E-state index in [9.17, 15) is 0 Å². The second-order valence-electron chi connectivity index (χ2n) is 5.63. The zero-order valence-electron chi connectivity index (χ0n) is 10.7. The van der Waals surface area contributed by atoms with Crippen molar-refractivity contribution in [2.24, 2.45) is 10.8 Å². The Kier molecular flexibility index (Phi) is 3.78. The van der Waals surface area contributed by atoms with Gasteiger partial charge in [0.2, 0.25) is 0 Å². The summed E-state index contributed by atoms with van der Waals surface area (Å²) in [6, 6.07) is 0. The maximum Gasteiger partial charge on any atom is -0.00964 e. The average molecular weight is 182 g/mol. The van der Waals surface area contributed by atoms with Gasteiger partial charge in [-0.3, -0.25) is 0 Å². The first-order valence-corrected chi connectivity index (χ1v) is 5.31. The zero-order chi connectivity index (χ0) is 10.9. The third kappa shape index (κ3) is 2.59. The highest BCUT2D eigenvalue weighted by Gasteiger charge is 2.34. The summed E-state index contributed by atoms with van der Waals surface area (Å²) in [5.41, 5.74) is 3.74. The lowest BCUT2D eigenvalue weighted by Crippen LogP contribution is -2.31. The van der Waals surface area contributed by atoms with Gasteiger partial charge in [0.1, 0.15) is 0 Å². The smallest absolute Gasteiger partial charge is 0.00964 e. The van der Waals surface area contributed by atoms with E-state index in [2.05, 4.69) is 55.4 Å². The molecular formula is C13H26. The molecule has 0 radical (unpaired) electrons. The van der Waals surface area contributed by atoms with Gasteiger partial charge in [-0.2, -0.15) is 0 Å². The van der Waals surface area contributed by atoms with Crippen LogP contribution in [0.4, 0.5) is 0 Å². The van der Waals surface area contributed by atoms with E-state index in [0.29, 0.717) is 10.8 Å². The molecule has 0 N–H and O–H groups in total. The minimum atomic E-state index is 0.299. The predicted octanol–water partition coefficient (Wildman–Crippen LogP) is 4.81. The van der Waals surface area contributed by atoms with Crippen molar-refractivity contribution in [3.05, 3.63) is 11.1 Å². The molecule has 0 nitrogen and oxygen atoms in total. The molecule has 0 aromatic carbocycles. The fraction of sp³-hybridized carbons (Fsp3) is 0.846. The van der Waals surface area contributed by atoms with E-state index < -0.39 is 0 Å². The molecule has 0 aliphatic rings. The molecule has 0 unspecified atom stereocenters. The predicted molar refractivity (Wildman–Crippen MR) is 61.9 cm³/mol. The molecule has 0 heteroatoms. The first-order valence-electron chi connectivity index (χ1n) is 5.31. The molecule has 0 bridgehead atoms. The van der Waals surface area contributed by atoms with E-state index in [1.54, 1.807) is 11.1 Å². The van der Waals surface area contributed by atoms with Crippen LogP contribution in [0.2, 0.25) is 0 Å². The molecule has 0 atom stereocenters. The van der Waals surface area contributed by atoms with Crippen LogP contribution in [0, 0.1) is 10.8 Å². The van der Waals surface area contributed by atoms with Crippen molar-refractivity contribution in [1.82, 2.24) is 0 Å². The van der Waals surface area contributed by atoms with E-state index in [4.69, 9.17) is 0 Å². The van der Waals surface area contributed by atoms with Crippen molar-refractivity contribution < 1.29 is 0 Å². The van der Waals surface area contributed by atoms with Gasteiger partial charge in [0.25, 0.3) is 0 Å². The summed E-state index contributed by atoms with van der Waals surface area (Å²) in [6.45, 7) is 18.4. The molecule has 78 valence electrons. The molecule has 0 rings (SSSR count). The van der Waals surface area contributed by atoms with Gasteiger partial charge in [-0.1, -0.05) is 52.7 Å². The molecule has 0 fully saturated rings. The molecule has 0 heterocycles. The third-order valence-corrected chi connectivity index (χ3v) is 3.98. The fourth-order valence-corrected chi connectivity index (χ4v) is 1.36. The minimum absolute atomic E-state index is 0.299. The monoisotopic (exact) mass is 182 g/mol. The Morgan fingerprint density at radius 2 is 1.31 bits per heavy atom. The van der Waals surface area contributed by atoms with Crippen LogP contribution in [0.1, 0.15) is 61.8 Å². The Hall–Kier alpha value is -0.260. The SMILES string of the molecule is CC/C(C)=C(\C)C(C)(C)C(C)(C)C. The number of allylic oxidation sites excluding steroid dienone is 2. The third-order valence-electron chi connectivity index (χ3n) is 3.98. The maximum absolute atomic E-state index is 2.35. The molecule has 0 aliphatic heterocycles.